The van der Waals surface area contributed by atoms with Crippen molar-refractivity contribution in [3.05, 3.63) is 45.1 Å². The molecule has 1 unspecified atom stereocenters. The third-order valence-corrected chi connectivity index (χ3v) is 5.46. The van der Waals surface area contributed by atoms with Crippen LogP contribution in [0.4, 0.5) is 23.1 Å². The Labute approximate surface area is 197 Å². The van der Waals surface area contributed by atoms with Gasteiger partial charge in [0.1, 0.15) is 11.7 Å². The number of aromatic nitrogens is 2. The molecule has 2 atom stereocenters. The van der Waals surface area contributed by atoms with Crippen molar-refractivity contribution in [2.24, 2.45) is 5.29 Å². The molecular weight excluding hydrogens is 464 g/mol. The van der Waals surface area contributed by atoms with Gasteiger partial charge in [-0.3, -0.25) is 19.4 Å². The number of fused-ring (bicyclic) bond motifs is 1. The zero-order valence-electron chi connectivity index (χ0n) is 18.6. The van der Waals surface area contributed by atoms with Crippen molar-refractivity contribution in [2.75, 3.05) is 41.1 Å². The molecule has 1 amide bonds. The number of benzene rings is 1. The summed E-state index contributed by atoms with van der Waals surface area (Å²) in [7, 11) is 1.68. The number of nitrogens with zero attached hydrogens (tertiary/aromatic N) is 4. The first-order valence-electron chi connectivity index (χ1n) is 10.4. The highest BCUT2D eigenvalue weighted by Gasteiger charge is 2.33. The van der Waals surface area contributed by atoms with E-state index in [1.54, 1.807) is 24.1 Å². The van der Waals surface area contributed by atoms with Gasteiger partial charge in [-0.05, 0) is 30.7 Å². The lowest BCUT2D eigenvalue weighted by atomic mass is 10.1. The summed E-state index contributed by atoms with van der Waals surface area (Å²) < 4.78 is 0. The minimum absolute atomic E-state index is 0.0679. The Hall–Kier alpha value is -4.69. The summed E-state index contributed by atoms with van der Waals surface area (Å²) in [5, 5.41) is 27.4. The van der Waals surface area contributed by atoms with E-state index in [1.165, 1.54) is 12.1 Å². The molecule has 1 aromatic heterocycles. The standard InChI is InChI=1S/C20H24N8O7/c1-27-12(9-28(26-35)16-15(27)18(32)25-20(21)24-16)8-22-11-4-2-10(3-5-11)17(31)23-13(19(33)34)6-7-14(29)30/h2-5,12-13,22H,6-9H2,1H3,(H,23,31)(H,29,30)(H,33,34)(H3,21,24,25,32)/t12-,13?/m0/s1. The molecule has 0 aliphatic carbocycles. The van der Waals surface area contributed by atoms with Crippen LogP contribution in [0.25, 0.3) is 0 Å². The molecule has 0 spiro atoms. The maximum absolute atomic E-state index is 12.4. The number of hydrogen-bond acceptors (Lipinski definition) is 10. The van der Waals surface area contributed by atoms with Gasteiger partial charge in [-0.25, -0.2) is 9.80 Å². The molecule has 15 nitrogen and oxygen atoms in total. The molecule has 2 aromatic rings. The van der Waals surface area contributed by atoms with Gasteiger partial charge in [0.25, 0.3) is 11.5 Å². The number of carboxylic acid groups (broad SMARTS) is 2. The van der Waals surface area contributed by atoms with Gasteiger partial charge < -0.3 is 31.5 Å². The van der Waals surface area contributed by atoms with E-state index in [0.717, 1.165) is 5.01 Å². The number of nitroso groups, excluding NO2 is 1. The quantitative estimate of drug-likeness (QED) is 0.240. The third-order valence-electron chi connectivity index (χ3n) is 5.46. The fraction of sp³-hybridized carbons (Fsp3) is 0.350. The van der Waals surface area contributed by atoms with E-state index in [-0.39, 0.29) is 42.0 Å². The molecule has 3 rings (SSSR count). The lowest BCUT2D eigenvalue weighted by Crippen LogP contribution is -2.51. The van der Waals surface area contributed by atoms with Gasteiger partial charge in [0.05, 0.1) is 17.9 Å². The molecule has 1 aliphatic rings. The van der Waals surface area contributed by atoms with Gasteiger partial charge >= 0.3 is 11.9 Å². The van der Waals surface area contributed by atoms with Crippen LogP contribution in [0.2, 0.25) is 0 Å². The summed E-state index contributed by atoms with van der Waals surface area (Å²) in [6, 6.07) is 4.48. The minimum atomic E-state index is -1.33. The van der Waals surface area contributed by atoms with Crippen LogP contribution in [0, 0.1) is 4.91 Å². The van der Waals surface area contributed by atoms with Gasteiger partial charge in [-0.2, -0.15) is 4.98 Å². The van der Waals surface area contributed by atoms with Crippen molar-refractivity contribution < 1.29 is 24.6 Å². The molecule has 1 aliphatic heterocycles. The van der Waals surface area contributed by atoms with E-state index in [4.69, 9.17) is 10.8 Å². The molecule has 0 saturated carbocycles. The van der Waals surface area contributed by atoms with Gasteiger partial charge in [0.2, 0.25) is 5.95 Å². The Morgan fingerprint density at radius 1 is 1.29 bits per heavy atom. The summed E-state index contributed by atoms with van der Waals surface area (Å²) in [6.07, 6.45) is -0.641. The molecular formula is C20H24N8O7. The van der Waals surface area contributed by atoms with Crippen molar-refractivity contribution in [2.45, 2.75) is 24.9 Å². The first-order chi connectivity index (χ1) is 16.6. The molecule has 2 heterocycles. The van der Waals surface area contributed by atoms with E-state index in [9.17, 15) is 29.2 Å². The monoisotopic (exact) mass is 488 g/mol. The molecule has 1 aromatic carbocycles. The molecule has 0 saturated heterocycles. The largest absolute Gasteiger partial charge is 0.481 e. The van der Waals surface area contributed by atoms with Crippen LogP contribution < -0.4 is 31.8 Å². The molecule has 7 N–H and O–H groups in total. The van der Waals surface area contributed by atoms with E-state index in [2.05, 4.69) is 25.9 Å². The van der Waals surface area contributed by atoms with Gasteiger partial charge in [-0.15, -0.1) is 4.91 Å². The van der Waals surface area contributed by atoms with Crippen LogP contribution >= 0.6 is 0 Å². The van der Waals surface area contributed by atoms with Crippen LogP contribution in [0.5, 0.6) is 0 Å². The highest BCUT2D eigenvalue weighted by Crippen LogP contribution is 2.30. The van der Waals surface area contributed by atoms with Gasteiger partial charge in [0, 0.05) is 31.3 Å². The number of carbonyl (C=O) groups excluding carboxylic acids is 1. The molecule has 0 radical (unpaired) electrons. The van der Waals surface area contributed by atoms with Gasteiger partial charge in [0.15, 0.2) is 5.82 Å². The van der Waals surface area contributed by atoms with Crippen molar-refractivity contribution in [1.29, 1.82) is 0 Å². The number of amides is 1. The van der Waals surface area contributed by atoms with E-state index in [1.807, 2.05) is 0 Å². The van der Waals surface area contributed by atoms with Crippen molar-refractivity contribution >= 4 is 41.0 Å². The molecule has 0 bridgehead atoms. The second-order valence-corrected chi connectivity index (χ2v) is 7.81. The SMILES string of the molecule is CN1c2c(nc(N)[nH]c2=O)N(N=O)C[C@@H]1CNc1ccc(C(=O)NC(CCC(=O)O)C(=O)O)cc1. The molecule has 186 valence electrons. The number of hydrogen-bond donors (Lipinski definition) is 6. The Kier molecular flexibility index (Phi) is 7.48. The predicted octanol–water partition coefficient (Wildman–Crippen LogP) is -0.182. The zero-order valence-corrected chi connectivity index (χ0v) is 18.6. The lowest BCUT2D eigenvalue weighted by molar-refractivity contribution is -0.140. The summed E-state index contributed by atoms with van der Waals surface area (Å²) in [5.74, 6) is -3.21. The summed E-state index contributed by atoms with van der Waals surface area (Å²) >= 11 is 0. The summed E-state index contributed by atoms with van der Waals surface area (Å²) in [4.78, 5) is 66.0. The minimum Gasteiger partial charge on any atom is -0.481 e. The number of nitrogens with two attached hydrogens (primary N) is 1. The van der Waals surface area contributed by atoms with Crippen molar-refractivity contribution in [3.63, 3.8) is 0 Å². The van der Waals surface area contributed by atoms with Crippen LogP contribution in [0.15, 0.2) is 34.3 Å². The van der Waals surface area contributed by atoms with Crippen LogP contribution in [-0.4, -0.2) is 70.2 Å². The zero-order chi connectivity index (χ0) is 25.7. The number of anilines is 4. The molecule has 15 heteroatoms. The Balaban J connectivity index is 1.64. The normalized spacial score (nSPS) is 15.6. The second kappa shape index (κ2) is 10.5. The number of aliphatic carboxylic acids is 2. The number of nitrogens with one attached hydrogen (secondary N) is 3. The predicted molar refractivity (Wildman–Crippen MR) is 125 cm³/mol. The summed E-state index contributed by atoms with van der Waals surface area (Å²) in [6.45, 7) is 0.441. The third kappa shape index (κ3) is 5.82. The Bertz CT molecular complexity index is 1180. The number of H-pyrrole nitrogens is 1. The van der Waals surface area contributed by atoms with Crippen LogP contribution in [0.3, 0.4) is 0 Å². The smallest absolute Gasteiger partial charge is 0.326 e. The van der Waals surface area contributed by atoms with E-state index >= 15 is 0 Å². The maximum atomic E-state index is 12.4. The van der Waals surface area contributed by atoms with Crippen molar-refractivity contribution in [3.8, 4) is 0 Å². The Morgan fingerprint density at radius 3 is 2.57 bits per heavy atom. The number of rotatable bonds is 10. The number of nitrogen functional groups attached to an aromatic ring is 1. The fourth-order valence-electron chi connectivity index (χ4n) is 3.58. The highest BCUT2D eigenvalue weighted by molar-refractivity contribution is 5.97. The van der Waals surface area contributed by atoms with Crippen molar-refractivity contribution in [1.82, 2.24) is 15.3 Å². The summed E-state index contributed by atoms with van der Waals surface area (Å²) in [5.41, 5.74) is 6.02. The molecule has 0 fully saturated rings. The first kappa shape index (κ1) is 24.9. The average molecular weight is 488 g/mol. The average Bonchev–Trinajstić information content (AvgIpc) is 2.80. The number of aromatic amines is 1. The topological polar surface area (TPSA) is 223 Å². The Morgan fingerprint density at radius 2 is 1.97 bits per heavy atom. The van der Waals surface area contributed by atoms with E-state index < -0.39 is 35.9 Å². The second-order valence-electron chi connectivity index (χ2n) is 7.81. The van der Waals surface area contributed by atoms with Gasteiger partial charge in [-0.1, -0.05) is 0 Å². The lowest BCUT2D eigenvalue weighted by Gasteiger charge is -2.37. The number of carboxylic acids is 2. The highest BCUT2D eigenvalue weighted by atomic mass is 16.4. The van der Waals surface area contributed by atoms with Crippen LogP contribution in [0.1, 0.15) is 23.2 Å². The fourth-order valence-corrected chi connectivity index (χ4v) is 3.58. The molecule has 35 heavy (non-hydrogen) atoms. The first-order valence-corrected chi connectivity index (χ1v) is 10.4. The number of likely N-dealkylation sites (N-methyl/N-ethyl adjacent to an activating group) is 1. The van der Waals surface area contributed by atoms with E-state index in [0.29, 0.717) is 12.2 Å². The van der Waals surface area contributed by atoms with Crippen LogP contribution in [-0.2, 0) is 9.59 Å². The number of carbonyl (C=O) groups is 3. The maximum Gasteiger partial charge on any atom is 0.326 e.